The molecule has 0 aromatic rings. The number of nitrogens with two attached hydrogens (primary N) is 1. The van der Waals surface area contributed by atoms with Crippen molar-refractivity contribution in [2.45, 2.75) is 51.7 Å². The van der Waals surface area contributed by atoms with Crippen LogP contribution in [0.3, 0.4) is 0 Å². The fourth-order valence-electron chi connectivity index (χ4n) is 1.84. The van der Waals surface area contributed by atoms with Crippen molar-refractivity contribution in [1.29, 1.82) is 0 Å². The molecule has 0 heterocycles. The highest BCUT2D eigenvalue weighted by molar-refractivity contribution is 5.79. The van der Waals surface area contributed by atoms with E-state index < -0.39 is 0 Å². The Bertz CT molecular complexity index is 212. The van der Waals surface area contributed by atoms with Gasteiger partial charge in [-0.25, -0.2) is 10.8 Å². The van der Waals surface area contributed by atoms with Crippen molar-refractivity contribution in [2.75, 3.05) is 13.2 Å². The summed E-state index contributed by atoms with van der Waals surface area (Å²) in [5.74, 6) is 6.09. The molecule has 0 aliphatic heterocycles. The first-order chi connectivity index (χ1) is 7.72. The van der Waals surface area contributed by atoms with Crippen LogP contribution in [0.15, 0.2) is 4.99 Å². The van der Waals surface area contributed by atoms with Crippen LogP contribution in [-0.4, -0.2) is 31.3 Å². The molecule has 5 heteroatoms. The van der Waals surface area contributed by atoms with Gasteiger partial charge in [0.1, 0.15) is 0 Å². The van der Waals surface area contributed by atoms with Crippen LogP contribution in [0.2, 0.25) is 0 Å². The van der Waals surface area contributed by atoms with E-state index in [0.29, 0.717) is 25.2 Å². The molecule has 0 unspecified atom stereocenters. The van der Waals surface area contributed by atoms with Crippen LogP contribution >= 0.6 is 0 Å². The van der Waals surface area contributed by atoms with Crippen LogP contribution in [0.4, 0.5) is 0 Å². The smallest absolute Gasteiger partial charge is 0.206 e. The minimum absolute atomic E-state index is 0.257. The summed E-state index contributed by atoms with van der Waals surface area (Å²) in [6.07, 6.45) is 5.27. The zero-order valence-electron chi connectivity index (χ0n) is 10.3. The standard InChI is InChI=1S/C11H24N4O/c1-9(2)16-8-7-13-11(15-12)14-10-5-3-4-6-10/h9-10H,3-8,12H2,1-2H3,(H2,13,14,15). The van der Waals surface area contributed by atoms with Crippen molar-refractivity contribution < 1.29 is 4.74 Å². The van der Waals surface area contributed by atoms with Gasteiger partial charge in [0.15, 0.2) is 0 Å². The van der Waals surface area contributed by atoms with Crippen LogP contribution in [-0.2, 0) is 4.74 Å². The molecule has 94 valence electrons. The second-order valence-electron chi connectivity index (χ2n) is 4.42. The summed E-state index contributed by atoms with van der Waals surface area (Å²) in [5.41, 5.74) is 2.60. The average molecular weight is 228 g/mol. The molecular weight excluding hydrogens is 204 g/mol. The Balaban J connectivity index is 2.20. The van der Waals surface area contributed by atoms with E-state index in [1.54, 1.807) is 0 Å². The zero-order chi connectivity index (χ0) is 11.8. The molecule has 0 spiro atoms. The van der Waals surface area contributed by atoms with E-state index in [2.05, 4.69) is 15.7 Å². The highest BCUT2D eigenvalue weighted by Crippen LogP contribution is 2.17. The van der Waals surface area contributed by atoms with E-state index in [9.17, 15) is 0 Å². The first-order valence-electron chi connectivity index (χ1n) is 6.11. The molecule has 5 nitrogen and oxygen atoms in total. The summed E-state index contributed by atoms with van der Waals surface area (Å²) in [7, 11) is 0. The van der Waals surface area contributed by atoms with Gasteiger partial charge in [-0.05, 0) is 26.7 Å². The minimum atomic E-state index is 0.257. The lowest BCUT2D eigenvalue weighted by atomic mass is 10.2. The molecule has 4 N–H and O–H groups in total. The van der Waals surface area contributed by atoms with Crippen molar-refractivity contribution in [2.24, 2.45) is 10.8 Å². The summed E-state index contributed by atoms with van der Waals surface area (Å²) in [5, 5.41) is 3.31. The molecule has 0 radical (unpaired) electrons. The second-order valence-corrected chi connectivity index (χ2v) is 4.42. The van der Waals surface area contributed by atoms with E-state index in [1.807, 2.05) is 13.8 Å². The molecule has 1 rings (SSSR count). The number of nitrogens with zero attached hydrogens (tertiary/aromatic N) is 1. The number of hydrazine groups is 1. The third-order valence-electron chi connectivity index (χ3n) is 2.65. The molecule has 1 fully saturated rings. The quantitative estimate of drug-likeness (QED) is 0.214. The summed E-state index contributed by atoms with van der Waals surface area (Å²) < 4.78 is 5.40. The maximum atomic E-state index is 5.41. The van der Waals surface area contributed by atoms with E-state index in [-0.39, 0.29) is 6.10 Å². The van der Waals surface area contributed by atoms with Gasteiger partial charge in [0.2, 0.25) is 5.96 Å². The molecule has 16 heavy (non-hydrogen) atoms. The molecule has 0 aromatic carbocycles. The first kappa shape index (κ1) is 13.3. The Morgan fingerprint density at radius 1 is 1.44 bits per heavy atom. The molecule has 0 amide bonds. The van der Waals surface area contributed by atoms with Gasteiger partial charge >= 0.3 is 0 Å². The third-order valence-corrected chi connectivity index (χ3v) is 2.65. The number of aliphatic imine (C=N–C) groups is 1. The fourth-order valence-corrected chi connectivity index (χ4v) is 1.84. The van der Waals surface area contributed by atoms with Gasteiger partial charge in [0.05, 0.1) is 19.3 Å². The van der Waals surface area contributed by atoms with Crippen LogP contribution in [0, 0.1) is 0 Å². The van der Waals surface area contributed by atoms with Gasteiger partial charge in [-0.15, -0.1) is 0 Å². The van der Waals surface area contributed by atoms with Gasteiger partial charge < -0.3 is 10.1 Å². The lowest BCUT2D eigenvalue weighted by Crippen LogP contribution is -2.45. The predicted octanol–water partition coefficient (Wildman–Crippen LogP) is 0.763. The number of hydrogen-bond acceptors (Lipinski definition) is 3. The summed E-state index contributed by atoms with van der Waals surface area (Å²) in [4.78, 5) is 4.32. The number of rotatable bonds is 5. The van der Waals surface area contributed by atoms with Crippen LogP contribution in [0.25, 0.3) is 0 Å². The van der Waals surface area contributed by atoms with Crippen LogP contribution in [0.5, 0.6) is 0 Å². The van der Waals surface area contributed by atoms with Gasteiger partial charge in [-0.2, -0.15) is 0 Å². The molecule has 1 aliphatic carbocycles. The maximum absolute atomic E-state index is 5.41. The van der Waals surface area contributed by atoms with Gasteiger partial charge in [-0.1, -0.05) is 12.8 Å². The van der Waals surface area contributed by atoms with E-state index in [1.165, 1.54) is 25.7 Å². The molecule has 1 aliphatic rings. The Hall–Kier alpha value is -0.810. The lowest BCUT2D eigenvalue weighted by Gasteiger charge is -2.15. The summed E-state index contributed by atoms with van der Waals surface area (Å²) in [6, 6.07) is 0.529. The first-order valence-corrected chi connectivity index (χ1v) is 6.11. The Labute approximate surface area is 97.8 Å². The van der Waals surface area contributed by atoms with Crippen LogP contribution < -0.4 is 16.6 Å². The SMILES string of the molecule is CC(C)OCCN=C(NN)NC1CCCC1. The third kappa shape index (κ3) is 5.32. The highest BCUT2D eigenvalue weighted by Gasteiger charge is 2.15. The Morgan fingerprint density at radius 3 is 2.69 bits per heavy atom. The van der Waals surface area contributed by atoms with Crippen LogP contribution in [0.1, 0.15) is 39.5 Å². The normalized spacial score (nSPS) is 18.1. The van der Waals surface area contributed by atoms with Crippen molar-refractivity contribution >= 4 is 5.96 Å². The molecule has 0 aromatic heterocycles. The van der Waals surface area contributed by atoms with Crippen molar-refractivity contribution in [3.63, 3.8) is 0 Å². The number of guanidine groups is 1. The maximum Gasteiger partial charge on any atom is 0.206 e. The van der Waals surface area contributed by atoms with Gasteiger partial charge in [0.25, 0.3) is 0 Å². The second kappa shape index (κ2) is 7.46. The number of hydrogen-bond donors (Lipinski definition) is 3. The van der Waals surface area contributed by atoms with Crippen molar-refractivity contribution in [3.8, 4) is 0 Å². The predicted molar refractivity (Wildman–Crippen MR) is 66.1 cm³/mol. The molecule has 0 saturated heterocycles. The van der Waals surface area contributed by atoms with E-state index in [4.69, 9.17) is 10.6 Å². The lowest BCUT2D eigenvalue weighted by molar-refractivity contribution is 0.0853. The number of ether oxygens (including phenoxy) is 1. The van der Waals surface area contributed by atoms with Gasteiger partial charge in [-0.3, -0.25) is 5.43 Å². The highest BCUT2D eigenvalue weighted by atomic mass is 16.5. The summed E-state index contributed by atoms with van der Waals surface area (Å²) in [6.45, 7) is 5.30. The van der Waals surface area contributed by atoms with E-state index in [0.717, 1.165) is 0 Å². The molecule has 0 bridgehead atoms. The van der Waals surface area contributed by atoms with Crippen molar-refractivity contribution in [1.82, 2.24) is 10.7 Å². The van der Waals surface area contributed by atoms with Crippen molar-refractivity contribution in [3.05, 3.63) is 0 Å². The fraction of sp³-hybridized carbons (Fsp3) is 0.909. The number of nitrogens with one attached hydrogen (secondary N) is 2. The van der Waals surface area contributed by atoms with E-state index >= 15 is 0 Å². The topological polar surface area (TPSA) is 71.7 Å². The monoisotopic (exact) mass is 228 g/mol. The molecular formula is C11H24N4O. The molecule has 0 atom stereocenters. The molecule has 1 saturated carbocycles. The minimum Gasteiger partial charge on any atom is -0.377 e. The summed E-state index contributed by atoms with van der Waals surface area (Å²) >= 11 is 0. The Kier molecular flexibility index (Phi) is 6.18. The zero-order valence-corrected chi connectivity index (χ0v) is 10.3. The van der Waals surface area contributed by atoms with Gasteiger partial charge in [0, 0.05) is 6.04 Å². The average Bonchev–Trinajstić information content (AvgIpc) is 2.75. The Morgan fingerprint density at radius 2 is 2.12 bits per heavy atom. The largest absolute Gasteiger partial charge is 0.377 e.